The molecule has 1 aromatic carbocycles. The number of methoxy groups -OCH3 is 1. The summed E-state index contributed by atoms with van der Waals surface area (Å²) in [6.07, 6.45) is -5.00. The zero-order valence-electron chi connectivity index (χ0n) is 8.75. The van der Waals surface area contributed by atoms with Crippen molar-refractivity contribution in [2.24, 2.45) is 0 Å². The summed E-state index contributed by atoms with van der Waals surface area (Å²) in [6, 6.07) is 1.08. The van der Waals surface area contributed by atoms with Crippen molar-refractivity contribution in [3.05, 3.63) is 38.4 Å². The first-order valence-corrected chi connectivity index (χ1v) is 4.69. The number of nitro benzene ring substituents is 1. The molecule has 0 spiro atoms. The number of nitro groups is 1. The van der Waals surface area contributed by atoms with Crippen molar-refractivity contribution in [3.8, 4) is 0 Å². The van der Waals surface area contributed by atoms with Gasteiger partial charge in [0.25, 0.3) is 5.69 Å². The van der Waals surface area contributed by atoms with Crippen LogP contribution in [0, 0.1) is 10.1 Å². The molecule has 0 bridgehead atoms. The third-order valence-electron chi connectivity index (χ3n) is 1.97. The van der Waals surface area contributed by atoms with Crippen molar-refractivity contribution in [2.75, 3.05) is 7.11 Å². The average Bonchev–Trinajstić information content (AvgIpc) is 2.25. The van der Waals surface area contributed by atoms with Gasteiger partial charge in [-0.25, -0.2) is 4.79 Å². The van der Waals surface area contributed by atoms with Crippen molar-refractivity contribution >= 4 is 23.3 Å². The van der Waals surface area contributed by atoms with Gasteiger partial charge in [0.2, 0.25) is 0 Å². The second-order valence-electron chi connectivity index (χ2n) is 3.10. The Morgan fingerprint density at radius 3 is 2.39 bits per heavy atom. The molecule has 0 aliphatic rings. The van der Waals surface area contributed by atoms with Crippen LogP contribution in [0.1, 0.15) is 15.9 Å². The van der Waals surface area contributed by atoms with Gasteiger partial charge >= 0.3 is 12.1 Å². The average molecular weight is 284 g/mol. The number of carbonyl (C=O) groups excluding carboxylic acids is 1. The van der Waals surface area contributed by atoms with Crippen LogP contribution in [0.2, 0.25) is 5.02 Å². The molecule has 0 radical (unpaired) electrons. The molecule has 98 valence electrons. The van der Waals surface area contributed by atoms with Crippen LogP contribution in [0.4, 0.5) is 18.9 Å². The van der Waals surface area contributed by atoms with Crippen LogP contribution in [-0.4, -0.2) is 18.0 Å². The molecule has 0 heterocycles. The number of hydrogen-bond donors (Lipinski definition) is 0. The largest absolute Gasteiger partial charge is 0.465 e. The lowest BCUT2D eigenvalue weighted by molar-refractivity contribution is -0.387. The molecule has 0 atom stereocenters. The van der Waals surface area contributed by atoms with E-state index >= 15 is 0 Å². The highest BCUT2D eigenvalue weighted by atomic mass is 35.5. The van der Waals surface area contributed by atoms with E-state index in [4.69, 9.17) is 11.6 Å². The summed E-state index contributed by atoms with van der Waals surface area (Å²) in [7, 11) is 0.963. The van der Waals surface area contributed by atoms with E-state index in [0.29, 0.717) is 6.07 Å². The van der Waals surface area contributed by atoms with Gasteiger partial charge in [-0.05, 0) is 12.1 Å². The van der Waals surface area contributed by atoms with E-state index in [-0.39, 0.29) is 0 Å². The van der Waals surface area contributed by atoms with Crippen LogP contribution in [-0.2, 0) is 10.9 Å². The Kier molecular flexibility index (Phi) is 3.80. The molecule has 0 aliphatic heterocycles. The van der Waals surface area contributed by atoms with Crippen molar-refractivity contribution in [3.63, 3.8) is 0 Å². The Morgan fingerprint density at radius 1 is 1.44 bits per heavy atom. The maximum Gasteiger partial charge on any atom is 0.423 e. The molecular formula is C9H5ClF3NO4. The summed E-state index contributed by atoms with van der Waals surface area (Å²) < 4.78 is 42.1. The number of alkyl halides is 3. The Bertz CT molecular complexity index is 515. The van der Waals surface area contributed by atoms with Crippen molar-refractivity contribution in [2.45, 2.75) is 6.18 Å². The van der Waals surface area contributed by atoms with Gasteiger partial charge in [0.05, 0.1) is 17.6 Å². The van der Waals surface area contributed by atoms with E-state index < -0.39 is 38.9 Å². The van der Waals surface area contributed by atoms with Crippen molar-refractivity contribution in [1.29, 1.82) is 0 Å². The molecule has 1 aromatic rings. The summed E-state index contributed by atoms with van der Waals surface area (Å²) in [5.41, 5.74) is -3.40. The fraction of sp³-hybridized carbons (Fsp3) is 0.222. The molecule has 0 saturated carbocycles. The first-order chi connectivity index (χ1) is 8.18. The summed E-state index contributed by atoms with van der Waals surface area (Å²) in [5, 5.41) is 9.76. The summed E-state index contributed by atoms with van der Waals surface area (Å²) in [5.74, 6) is -1.07. The van der Waals surface area contributed by atoms with Gasteiger partial charge in [0, 0.05) is 0 Å². The molecule has 0 saturated heterocycles. The number of hydrogen-bond acceptors (Lipinski definition) is 4. The predicted molar refractivity (Wildman–Crippen MR) is 54.4 cm³/mol. The van der Waals surface area contributed by atoms with Crippen molar-refractivity contribution < 1.29 is 27.6 Å². The third kappa shape index (κ3) is 2.70. The van der Waals surface area contributed by atoms with Gasteiger partial charge in [-0.2, -0.15) is 13.2 Å². The molecule has 0 aromatic heterocycles. The van der Waals surface area contributed by atoms with Gasteiger partial charge in [-0.3, -0.25) is 10.1 Å². The normalized spacial score (nSPS) is 11.2. The number of esters is 1. The second kappa shape index (κ2) is 4.81. The third-order valence-corrected chi connectivity index (χ3v) is 2.26. The minimum Gasteiger partial charge on any atom is -0.465 e. The van der Waals surface area contributed by atoms with E-state index in [0.717, 1.165) is 13.2 Å². The number of rotatable bonds is 2. The molecule has 0 aliphatic carbocycles. The lowest BCUT2D eigenvalue weighted by atomic mass is 10.1. The van der Waals surface area contributed by atoms with Crippen LogP contribution in [0.3, 0.4) is 0 Å². The van der Waals surface area contributed by atoms with Crippen LogP contribution in [0.5, 0.6) is 0 Å². The van der Waals surface area contributed by atoms with E-state index in [9.17, 15) is 28.1 Å². The lowest BCUT2D eigenvalue weighted by Gasteiger charge is -2.10. The molecule has 1 rings (SSSR count). The Hall–Kier alpha value is -1.83. The Balaban J connectivity index is 3.57. The monoisotopic (exact) mass is 283 g/mol. The lowest BCUT2D eigenvalue weighted by Crippen LogP contribution is -2.12. The minimum atomic E-state index is -5.00. The molecular weight excluding hydrogens is 279 g/mol. The summed E-state index contributed by atoms with van der Waals surface area (Å²) >= 11 is 5.39. The fourth-order valence-electron chi connectivity index (χ4n) is 1.24. The van der Waals surface area contributed by atoms with Crippen LogP contribution in [0.25, 0.3) is 0 Å². The molecule has 5 nitrogen and oxygen atoms in total. The van der Waals surface area contributed by atoms with Crippen LogP contribution < -0.4 is 0 Å². The predicted octanol–water partition coefficient (Wildman–Crippen LogP) is 3.05. The van der Waals surface area contributed by atoms with Gasteiger partial charge in [-0.15, -0.1) is 0 Å². The van der Waals surface area contributed by atoms with Crippen LogP contribution >= 0.6 is 11.6 Å². The number of ether oxygens (including phenoxy) is 1. The van der Waals surface area contributed by atoms with Gasteiger partial charge < -0.3 is 4.74 Å². The van der Waals surface area contributed by atoms with Gasteiger partial charge in [0.1, 0.15) is 10.6 Å². The standard InChI is InChI=1S/C9H5ClF3NO4/c1-18-8(15)4-2-5(9(11,12)13)7(14(16)17)6(10)3-4/h2-3H,1H3. The first kappa shape index (κ1) is 14.2. The van der Waals surface area contributed by atoms with Crippen LogP contribution in [0.15, 0.2) is 12.1 Å². The van der Waals surface area contributed by atoms with E-state index in [1.807, 2.05) is 0 Å². The molecule has 0 fully saturated rings. The number of benzene rings is 1. The highest BCUT2D eigenvalue weighted by Crippen LogP contribution is 2.40. The smallest absolute Gasteiger partial charge is 0.423 e. The number of carbonyl (C=O) groups is 1. The Labute approximate surface area is 103 Å². The topological polar surface area (TPSA) is 69.4 Å². The molecule has 0 N–H and O–H groups in total. The molecule has 0 unspecified atom stereocenters. The fourth-order valence-corrected chi connectivity index (χ4v) is 1.52. The SMILES string of the molecule is COC(=O)c1cc(Cl)c([N+](=O)[O-])c(C(F)(F)F)c1. The zero-order chi connectivity index (χ0) is 14.1. The van der Waals surface area contributed by atoms with Gasteiger partial charge in [0.15, 0.2) is 0 Å². The van der Waals surface area contributed by atoms with Crippen molar-refractivity contribution in [1.82, 2.24) is 0 Å². The highest BCUT2D eigenvalue weighted by molar-refractivity contribution is 6.33. The van der Waals surface area contributed by atoms with E-state index in [1.54, 1.807) is 0 Å². The zero-order valence-corrected chi connectivity index (χ0v) is 9.50. The number of halogens is 4. The molecule has 0 amide bonds. The van der Waals surface area contributed by atoms with E-state index in [1.165, 1.54) is 0 Å². The summed E-state index contributed by atoms with van der Waals surface area (Å²) in [4.78, 5) is 20.4. The summed E-state index contributed by atoms with van der Waals surface area (Å²) in [6.45, 7) is 0. The molecule has 9 heteroatoms. The Morgan fingerprint density at radius 2 is 2.00 bits per heavy atom. The minimum absolute atomic E-state index is 0.329. The van der Waals surface area contributed by atoms with Gasteiger partial charge in [-0.1, -0.05) is 11.6 Å². The first-order valence-electron chi connectivity index (χ1n) is 4.32. The highest BCUT2D eigenvalue weighted by Gasteiger charge is 2.40. The quantitative estimate of drug-likeness (QED) is 0.475. The molecule has 18 heavy (non-hydrogen) atoms. The number of nitrogens with zero attached hydrogens (tertiary/aromatic N) is 1. The second-order valence-corrected chi connectivity index (χ2v) is 3.51. The maximum absolute atomic E-state index is 12.6. The maximum atomic E-state index is 12.6. The van der Waals surface area contributed by atoms with E-state index in [2.05, 4.69) is 4.74 Å².